The van der Waals surface area contributed by atoms with Crippen LogP contribution in [0.25, 0.3) is 22.3 Å². The zero-order valence-electron chi connectivity index (χ0n) is 22.4. The average Bonchev–Trinajstić information content (AvgIpc) is 3.35. The van der Waals surface area contributed by atoms with E-state index in [4.69, 9.17) is 23.9 Å². The van der Waals surface area contributed by atoms with Gasteiger partial charge < -0.3 is 28.6 Å². The number of cyclic esters (lactones) is 1. The molecule has 2 aliphatic rings. The van der Waals surface area contributed by atoms with E-state index < -0.39 is 17.1 Å². The Bertz CT molecular complexity index is 1780. The highest BCUT2D eigenvalue weighted by molar-refractivity contribution is 6.18. The van der Waals surface area contributed by atoms with Crippen LogP contribution in [-0.4, -0.2) is 47.7 Å². The summed E-state index contributed by atoms with van der Waals surface area (Å²) in [6.45, 7) is 1.49. The first-order valence-electron chi connectivity index (χ1n) is 12.7. The summed E-state index contributed by atoms with van der Waals surface area (Å²) in [5.74, 6) is -0.0963. The number of ether oxygens (including phenoxy) is 4. The van der Waals surface area contributed by atoms with Crippen molar-refractivity contribution in [3.63, 3.8) is 0 Å². The van der Waals surface area contributed by atoms with Gasteiger partial charge in [-0.1, -0.05) is 25.1 Å². The number of fused-ring (bicyclic) bond motifs is 5. The molecule has 1 atom stereocenters. The molecule has 40 heavy (non-hydrogen) atoms. The molecule has 2 aromatic heterocycles. The van der Waals surface area contributed by atoms with Crippen molar-refractivity contribution in [3.8, 4) is 28.6 Å². The van der Waals surface area contributed by atoms with Crippen LogP contribution < -0.4 is 19.8 Å². The second-order valence-corrected chi connectivity index (χ2v) is 9.68. The van der Waals surface area contributed by atoms with E-state index >= 15 is 0 Å². The van der Waals surface area contributed by atoms with Crippen LogP contribution in [0.3, 0.4) is 0 Å². The first-order valence-corrected chi connectivity index (χ1v) is 12.7. The van der Waals surface area contributed by atoms with Crippen molar-refractivity contribution in [2.24, 2.45) is 0 Å². The third-order valence-electron chi connectivity index (χ3n) is 7.75. The summed E-state index contributed by atoms with van der Waals surface area (Å²) < 4.78 is 23.0. The summed E-state index contributed by atoms with van der Waals surface area (Å²) in [5, 5.41) is 11.8. The van der Waals surface area contributed by atoms with E-state index in [1.54, 1.807) is 31.2 Å². The molecule has 10 heteroatoms. The summed E-state index contributed by atoms with van der Waals surface area (Å²) in [4.78, 5) is 45.3. The molecule has 0 radical (unpaired) electrons. The van der Waals surface area contributed by atoms with Gasteiger partial charge in [-0.3, -0.25) is 9.59 Å². The van der Waals surface area contributed by atoms with Gasteiger partial charge in [0.15, 0.2) is 22.9 Å². The normalized spacial score (nSPS) is 17.1. The average molecular weight is 543 g/mol. The molecular weight excluding hydrogens is 516 g/mol. The molecule has 0 fully saturated rings. The first kappa shape index (κ1) is 25.6. The summed E-state index contributed by atoms with van der Waals surface area (Å²) >= 11 is 0. The molecule has 0 spiro atoms. The third kappa shape index (κ3) is 3.45. The number of methoxy groups -OCH3 is 3. The number of ketones is 1. The van der Waals surface area contributed by atoms with Gasteiger partial charge in [-0.05, 0) is 30.7 Å². The van der Waals surface area contributed by atoms with Crippen LogP contribution in [0.15, 0.2) is 47.3 Å². The Morgan fingerprint density at radius 3 is 2.40 bits per heavy atom. The molecule has 0 saturated heterocycles. The molecule has 2 aromatic carbocycles. The van der Waals surface area contributed by atoms with Gasteiger partial charge >= 0.3 is 5.97 Å². The van der Waals surface area contributed by atoms with Crippen LogP contribution >= 0.6 is 0 Å². The third-order valence-corrected chi connectivity index (χ3v) is 7.75. The van der Waals surface area contributed by atoms with E-state index in [1.807, 2.05) is 18.2 Å². The topological polar surface area (TPSA) is 126 Å². The van der Waals surface area contributed by atoms with E-state index in [1.165, 1.54) is 25.9 Å². The van der Waals surface area contributed by atoms with Crippen molar-refractivity contribution in [1.82, 2.24) is 9.55 Å². The number of esters is 1. The number of hydrogen-bond donors (Lipinski definition) is 1. The van der Waals surface area contributed by atoms with E-state index in [0.717, 1.165) is 0 Å². The molecule has 2 aliphatic heterocycles. The van der Waals surface area contributed by atoms with Gasteiger partial charge in [0.05, 0.1) is 50.3 Å². The lowest BCUT2D eigenvalue weighted by Crippen LogP contribution is -2.44. The van der Waals surface area contributed by atoms with Crippen molar-refractivity contribution in [2.45, 2.75) is 32.1 Å². The van der Waals surface area contributed by atoms with Crippen molar-refractivity contribution in [1.29, 1.82) is 0 Å². The maximum atomic E-state index is 14.3. The Labute approximate surface area is 228 Å². The summed E-state index contributed by atoms with van der Waals surface area (Å²) in [6, 6.07) is 12.0. The molecular formula is C30H26N2O8. The van der Waals surface area contributed by atoms with Crippen molar-refractivity contribution < 1.29 is 33.6 Å². The summed E-state index contributed by atoms with van der Waals surface area (Å²) in [7, 11) is 4.43. The minimum absolute atomic E-state index is 0.0323. The maximum Gasteiger partial charge on any atom is 0.343 e. The predicted molar refractivity (Wildman–Crippen MR) is 144 cm³/mol. The van der Waals surface area contributed by atoms with Gasteiger partial charge in [0.1, 0.15) is 6.61 Å². The lowest BCUT2D eigenvalue weighted by Gasteiger charge is -2.31. The smallest absolute Gasteiger partial charge is 0.343 e. The van der Waals surface area contributed by atoms with Crippen LogP contribution in [0.5, 0.6) is 17.2 Å². The first-order chi connectivity index (χ1) is 19.3. The Hall–Kier alpha value is -4.70. The largest absolute Gasteiger partial charge is 0.493 e. The fourth-order valence-corrected chi connectivity index (χ4v) is 5.64. The summed E-state index contributed by atoms with van der Waals surface area (Å²) in [5.41, 5.74) is 0.730. The molecule has 0 amide bonds. The van der Waals surface area contributed by atoms with Crippen molar-refractivity contribution in [2.75, 3.05) is 21.3 Å². The number of rotatable bonds is 6. The lowest BCUT2D eigenvalue weighted by atomic mass is 9.86. The number of nitrogens with zero attached hydrogens (tertiary/aromatic N) is 2. The maximum absolute atomic E-state index is 14.3. The van der Waals surface area contributed by atoms with Gasteiger partial charge in [-0.2, -0.15) is 0 Å². The summed E-state index contributed by atoms with van der Waals surface area (Å²) in [6.07, 6.45) is 0.0323. The Kier molecular flexibility index (Phi) is 5.88. The molecule has 0 saturated carbocycles. The minimum atomic E-state index is -1.95. The lowest BCUT2D eigenvalue weighted by molar-refractivity contribution is -0.172. The second kappa shape index (κ2) is 9.20. The molecule has 4 aromatic rings. The number of para-hydroxylation sites is 1. The number of aromatic nitrogens is 2. The Morgan fingerprint density at radius 1 is 1.05 bits per heavy atom. The standard InChI is InChI=1S/C30H26N2O8/c1-5-30(36)19-12-21-25-17(13-32(21)28(34)18(19)14-40-29(30)35)24(16-8-6-7-9-20(16)31-25)26(33)15-10-22(37-2)27(39-4)23(11-15)38-3/h6-12,36H,5,13-14H2,1-4H3/t30-/m0/s1. The molecule has 4 heterocycles. The van der Waals surface area contributed by atoms with Crippen LogP contribution in [0.1, 0.15) is 46.0 Å². The van der Waals surface area contributed by atoms with E-state index in [9.17, 15) is 19.5 Å². The fourth-order valence-electron chi connectivity index (χ4n) is 5.64. The molecule has 0 unspecified atom stereocenters. The van der Waals surface area contributed by atoms with Crippen molar-refractivity contribution >= 4 is 22.7 Å². The quantitative estimate of drug-likeness (QED) is 0.254. The molecule has 0 bridgehead atoms. The monoisotopic (exact) mass is 542 g/mol. The van der Waals surface area contributed by atoms with E-state index in [-0.39, 0.29) is 36.5 Å². The van der Waals surface area contributed by atoms with Gasteiger partial charge in [-0.15, -0.1) is 0 Å². The highest BCUT2D eigenvalue weighted by Gasteiger charge is 2.45. The SMILES string of the molecule is CC[C@@]1(O)C(=O)OCc2c1cc1n(c2=O)Cc2c-1nc1ccccc1c2C(=O)c1cc(OC)c(OC)c(OC)c1. The number of benzene rings is 2. The minimum Gasteiger partial charge on any atom is -0.493 e. The zero-order chi connectivity index (χ0) is 28.3. The number of pyridine rings is 2. The fraction of sp³-hybridized carbons (Fsp3) is 0.267. The number of carbonyl (C=O) groups is 2. The number of aliphatic hydroxyl groups is 1. The second-order valence-electron chi connectivity index (χ2n) is 9.68. The number of hydrogen-bond acceptors (Lipinski definition) is 9. The predicted octanol–water partition coefficient (Wildman–Crippen LogP) is 3.34. The molecule has 0 aliphatic carbocycles. The van der Waals surface area contributed by atoms with E-state index in [2.05, 4.69) is 0 Å². The number of carbonyl (C=O) groups excluding carboxylic acids is 2. The van der Waals surface area contributed by atoms with Gasteiger partial charge in [0, 0.05) is 27.6 Å². The van der Waals surface area contributed by atoms with Gasteiger partial charge in [0.25, 0.3) is 5.56 Å². The van der Waals surface area contributed by atoms with Gasteiger partial charge in [0.2, 0.25) is 5.75 Å². The highest BCUT2D eigenvalue weighted by atomic mass is 16.6. The molecule has 204 valence electrons. The van der Waals surface area contributed by atoms with E-state index in [0.29, 0.717) is 56.2 Å². The zero-order valence-corrected chi connectivity index (χ0v) is 22.4. The van der Waals surface area contributed by atoms with Crippen LogP contribution in [0.2, 0.25) is 0 Å². The van der Waals surface area contributed by atoms with Crippen LogP contribution in [0.4, 0.5) is 0 Å². The molecule has 10 nitrogen and oxygen atoms in total. The van der Waals surface area contributed by atoms with Crippen LogP contribution in [-0.2, 0) is 28.3 Å². The Balaban J connectivity index is 1.62. The van der Waals surface area contributed by atoms with Gasteiger partial charge in [-0.25, -0.2) is 9.78 Å². The molecule has 1 N–H and O–H groups in total. The van der Waals surface area contributed by atoms with Crippen molar-refractivity contribution in [3.05, 3.63) is 80.6 Å². The molecule has 6 rings (SSSR count). The van der Waals surface area contributed by atoms with Crippen LogP contribution in [0, 0.1) is 0 Å². The highest BCUT2D eigenvalue weighted by Crippen LogP contribution is 2.42. The Morgan fingerprint density at radius 2 is 1.75 bits per heavy atom.